The van der Waals surface area contributed by atoms with Crippen molar-refractivity contribution in [2.45, 2.75) is 6.42 Å². The molecule has 1 aromatic carbocycles. The molecule has 5 heteroatoms. The van der Waals surface area contributed by atoms with Crippen LogP contribution in [0, 0.1) is 0 Å². The Hall–Kier alpha value is -2.17. The van der Waals surface area contributed by atoms with E-state index in [1.807, 2.05) is 0 Å². The molecule has 2 rings (SSSR count). The number of hydrogen-bond acceptors (Lipinski definition) is 4. The van der Waals surface area contributed by atoms with Gasteiger partial charge in [0.05, 0.1) is 17.6 Å². The quantitative estimate of drug-likeness (QED) is 0.746. The Morgan fingerprint density at radius 2 is 2.33 bits per heavy atom. The van der Waals surface area contributed by atoms with E-state index < -0.39 is 0 Å². The monoisotopic (exact) mass is 203 g/mol. The van der Waals surface area contributed by atoms with E-state index in [0.29, 0.717) is 11.4 Å². The first-order chi connectivity index (χ1) is 7.29. The molecule has 0 aliphatic heterocycles. The molecule has 0 atom stereocenters. The van der Waals surface area contributed by atoms with Crippen molar-refractivity contribution in [2.24, 2.45) is 0 Å². The van der Waals surface area contributed by atoms with Crippen molar-refractivity contribution in [1.29, 1.82) is 0 Å². The fourth-order valence-electron chi connectivity index (χ4n) is 1.24. The summed E-state index contributed by atoms with van der Waals surface area (Å²) in [6, 6.07) is 6.65. The Morgan fingerprint density at radius 1 is 1.47 bits per heavy atom. The van der Waals surface area contributed by atoms with Crippen molar-refractivity contribution in [3.63, 3.8) is 0 Å². The van der Waals surface area contributed by atoms with Crippen LogP contribution in [0.3, 0.4) is 0 Å². The fourth-order valence-corrected chi connectivity index (χ4v) is 1.24. The summed E-state index contributed by atoms with van der Waals surface area (Å²) in [7, 11) is 0. The molecule has 0 aliphatic rings. The Kier molecular flexibility index (Phi) is 2.45. The summed E-state index contributed by atoms with van der Waals surface area (Å²) >= 11 is 0. The summed E-state index contributed by atoms with van der Waals surface area (Å²) in [5.41, 5.74) is 1.31. The molecule has 1 aromatic heterocycles. The van der Waals surface area contributed by atoms with Crippen molar-refractivity contribution < 1.29 is 9.90 Å². The summed E-state index contributed by atoms with van der Waals surface area (Å²) in [6.45, 7) is 0. The molecule has 5 nitrogen and oxygen atoms in total. The number of nitrogens with zero attached hydrogens (tertiary/aromatic N) is 3. The largest absolute Gasteiger partial charge is 0.508 e. The van der Waals surface area contributed by atoms with Crippen LogP contribution in [-0.2, 0) is 11.2 Å². The third-order valence-corrected chi connectivity index (χ3v) is 1.93. The van der Waals surface area contributed by atoms with Crippen LogP contribution in [0.15, 0.2) is 30.5 Å². The zero-order chi connectivity index (χ0) is 10.7. The minimum absolute atomic E-state index is 0.167. The van der Waals surface area contributed by atoms with E-state index >= 15 is 0 Å². The average molecular weight is 203 g/mol. The van der Waals surface area contributed by atoms with Crippen LogP contribution in [-0.4, -0.2) is 26.4 Å². The maximum atomic E-state index is 10.3. The second-order valence-corrected chi connectivity index (χ2v) is 3.05. The molecular weight excluding hydrogens is 194 g/mol. The van der Waals surface area contributed by atoms with Gasteiger partial charge in [-0.2, -0.15) is 0 Å². The zero-order valence-corrected chi connectivity index (χ0v) is 7.87. The minimum atomic E-state index is 0.167. The first-order valence-corrected chi connectivity index (χ1v) is 4.44. The first-order valence-electron chi connectivity index (χ1n) is 4.44. The zero-order valence-electron chi connectivity index (χ0n) is 7.87. The highest BCUT2D eigenvalue weighted by Gasteiger charge is 2.02. The van der Waals surface area contributed by atoms with E-state index in [0.717, 1.165) is 6.29 Å². The van der Waals surface area contributed by atoms with E-state index in [9.17, 15) is 9.90 Å². The summed E-state index contributed by atoms with van der Waals surface area (Å²) < 4.78 is 1.51. The van der Waals surface area contributed by atoms with E-state index in [1.165, 1.54) is 4.68 Å². The van der Waals surface area contributed by atoms with Gasteiger partial charge in [-0.1, -0.05) is 11.3 Å². The Labute approximate surface area is 86.0 Å². The third-order valence-electron chi connectivity index (χ3n) is 1.93. The Balaban J connectivity index is 2.32. The lowest BCUT2D eigenvalue weighted by molar-refractivity contribution is -0.107. The van der Waals surface area contributed by atoms with E-state index in [2.05, 4.69) is 10.3 Å². The molecule has 0 fully saturated rings. The molecule has 1 N–H and O–H groups in total. The van der Waals surface area contributed by atoms with Crippen LogP contribution in [0.5, 0.6) is 5.75 Å². The van der Waals surface area contributed by atoms with Gasteiger partial charge in [-0.25, -0.2) is 4.68 Å². The van der Waals surface area contributed by atoms with Gasteiger partial charge in [0, 0.05) is 12.5 Å². The highest BCUT2D eigenvalue weighted by atomic mass is 16.3. The molecule has 2 aromatic rings. The summed E-state index contributed by atoms with van der Waals surface area (Å²) in [4.78, 5) is 10.3. The van der Waals surface area contributed by atoms with Crippen LogP contribution in [0.25, 0.3) is 5.69 Å². The SMILES string of the molecule is O=CCc1cn(-c2cccc(O)c2)nn1. The molecule has 0 amide bonds. The molecule has 0 unspecified atom stereocenters. The van der Waals surface area contributed by atoms with E-state index in [1.54, 1.807) is 30.5 Å². The average Bonchev–Trinajstić information content (AvgIpc) is 2.67. The molecule has 15 heavy (non-hydrogen) atoms. The van der Waals surface area contributed by atoms with Crippen LogP contribution >= 0.6 is 0 Å². The summed E-state index contributed by atoms with van der Waals surface area (Å²) in [6.07, 6.45) is 2.68. The van der Waals surface area contributed by atoms with Crippen LogP contribution in [0.4, 0.5) is 0 Å². The maximum absolute atomic E-state index is 10.3. The van der Waals surface area contributed by atoms with Gasteiger partial charge in [0.2, 0.25) is 0 Å². The lowest BCUT2D eigenvalue weighted by Gasteiger charge is -1.99. The number of carbonyl (C=O) groups excluding carboxylic acids is 1. The number of phenolic OH excluding ortho intramolecular Hbond substituents is 1. The van der Waals surface area contributed by atoms with Crippen LogP contribution in [0.2, 0.25) is 0 Å². The predicted octanol–water partition coefficient (Wildman–Crippen LogP) is 0.714. The maximum Gasteiger partial charge on any atom is 0.126 e. The molecule has 0 aliphatic carbocycles. The summed E-state index contributed by atoms with van der Waals surface area (Å²) in [5.74, 6) is 0.167. The molecule has 1 heterocycles. The van der Waals surface area contributed by atoms with Crippen LogP contribution < -0.4 is 0 Å². The van der Waals surface area contributed by atoms with Gasteiger partial charge >= 0.3 is 0 Å². The molecule has 0 spiro atoms. The topological polar surface area (TPSA) is 68.0 Å². The molecule has 76 valence electrons. The van der Waals surface area contributed by atoms with Gasteiger partial charge in [0.25, 0.3) is 0 Å². The lowest BCUT2D eigenvalue weighted by Crippen LogP contribution is -1.93. The molecular formula is C10H9N3O2. The minimum Gasteiger partial charge on any atom is -0.508 e. The second-order valence-electron chi connectivity index (χ2n) is 3.05. The van der Waals surface area contributed by atoms with Crippen molar-refractivity contribution in [1.82, 2.24) is 15.0 Å². The number of aldehydes is 1. The normalized spacial score (nSPS) is 10.1. The van der Waals surface area contributed by atoms with Gasteiger partial charge in [-0.15, -0.1) is 5.10 Å². The number of phenols is 1. The highest BCUT2D eigenvalue weighted by Crippen LogP contribution is 2.14. The smallest absolute Gasteiger partial charge is 0.126 e. The number of aromatic nitrogens is 3. The van der Waals surface area contributed by atoms with Crippen molar-refractivity contribution in [3.05, 3.63) is 36.2 Å². The van der Waals surface area contributed by atoms with Gasteiger partial charge in [-0.05, 0) is 12.1 Å². The number of aromatic hydroxyl groups is 1. The number of benzene rings is 1. The standard InChI is InChI=1S/C10H9N3O2/c14-5-4-8-7-13(12-11-8)9-2-1-3-10(15)6-9/h1-3,5-7,15H,4H2. The number of carbonyl (C=O) groups is 1. The van der Waals surface area contributed by atoms with Gasteiger partial charge in [-0.3, -0.25) is 0 Å². The van der Waals surface area contributed by atoms with Crippen molar-refractivity contribution in [3.8, 4) is 11.4 Å². The molecule has 0 bridgehead atoms. The van der Waals surface area contributed by atoms with Gasteiger partial charge in [0.15, 0.2) is 0 Å². The predicted molar refractivity (Wildman–Crippen MR) is 52.8 cm³/mol. The van der Waals surface area contributed by atoms with E-state index in [4.69, 9.17) is 0 Å². The molecule has 0 saturated carbocycles. The molecule has 0 saturated heterocycles. The highest BCUT2D eigenvalue weighted by molar-refractivity contribution is 5.53. The second kappa shape index (κ2) is 3.91. The van der Waals surface area contributed by atoms with Crippen molar-refractivity contribution >= 4 is 6.29 Å². The first kappa shape index (κ1) is 9.39. The molecule has 0 radical (unpaired) electrons. The summed E-state index contributed by atoms with van der Waals surface area (Å²) in [5, 5.41) is 16.9. The van der Waals surface area contributed by atoms with E-state index in [-0.39, 0.29) is 12.2 Å². The Bertz CT molecular complexity index is 479. The fraction of sp³-hybridized carbons (Fsp3) is 0.100. The number of rotatable bonds is 3. The van der Waals surface area contributed by atoms with Gasteiger partial charge < -0.3 is 9.90 Å². The number of hydrogen-bond donors (Lipinski definition) is 1. The lowest BCUT2D eigenvalue weighted by atomic mass is 10.3. The van der Waals surface area contributed by atoms with Crippen molar-refractivity contribution in [2.75, 3.05) is 0 Å². The Morgan fingerprint density at radius 3 is 3.07 bits per heavy atom. The third kappa shape index (κ3) is 2.01. The van der Waals surface area contributed by atoms with Gasteiger partial charge in [0.1, 0.15) is 12.0 Å². The van der Waals surface area contributed by atoms with Crippen LogP contribution in [0.1, 0.15) is 5.69 Å².